The van der Waals surface area contributed by atoms with Gasteiger partial charge in [0.25, 0.3) is 0 Å². The number of aliphatic hydroxyl groups excluding tert-OH is 5. The number of rotatable bonds is 30. The lowest BCUT2D eigenvalue weighted by molar-refractivity contribution is -0.302. The highest BCUT2D eigenvalue weighted by Crippen LogP contribution is 2.22. The van der Waals surface area contributed by atoms with Crippen LogP contribution in [0.1, 0.15) is 117 Å². The van der Waals surface area contributed by atoms with Crippen LogP contribution in [0.25, 0.3) is 0 Å². The molecule has 0 aromatic rings. The average molecular weight is 742 g/mol. The van der Waals surface area contributed by atoms with Crippen molar-refractivity contribution in [3.63, 3.8) is 0 Å². The maximum absolute atomic E-state index is 12.8. The Bertz CT molecular complexity index is 1140. The normalized spacial score (nSPS) is 22.7. The minimum absolute atomic E-state index is 0.207. The summed E-state index contributed by atoms with van der Waals surface area (Å²) in [5, 5.41) is 53.8. The summed E-state index contributed by atoms with van der Waals surface area (Å²) in [6.07, 6.45) is 40.3. The molecule has 6 N–H and O–H groups in total. The molecule has 0 bridgehead atoms. The SMILES string of the molecule is CC/C=C\C/C=C\C/C=C\C/C=C\C/C=C\C/C=C\CCC(=O)NC(COC1OC(CO)C(O)C(O)C1O)C(O)/C=C/CC/C=C/CCCCCCC. The van der Waals surface area contributed by atoms with E-state index in [0.29, 0.717) is 6.42 Å². The van der Waals surface area contributed by atoms with E-state index in [1.54, 1.807) is 6.08 Å². The van der Waals surface area contributed by atoms with Crippen LogP contribution in [0.3, 0.4) is 0 Å². The molecule has 1 aliphatic rings. The summed E-state index contributed by atoms with van der Waals surface area (Å²) in [6, 6.07) is -0.866. The van der Waals surface area contributed by atoms with E-state index in [4.69, 9.17) is 9.47 Å². The Kier molecular flexibility index (Phi) is 30.6. The summed E-state index contributed by atoms with van der Waals surface area (Å²) in [5.74, 6) is -0.277. The molecule has 7 atom stereocenters. The van der Waals surface area contributed by atoms with Crippen LogP contribution < -0.4 is 5.32 Å². The van der Waals surface area contributed by atoms with Gasteiger partial charge in [-0.25, -0.2) is 0 Å². The van der Waals surface area contributed by atoms with Crippen LogP contribution in [0.15, 0.2) is 97.2 Å². The fraction of sp³-hybridized carbons (Fsp3) is 0.614. The third kappa shape index (κ3) is 24.9. The molecule has 1 amide bonds. The number of allylic oxidation sites excluding steroid dienone is 15. The van der Waals surface area contributed by atoms with Gasteiger partial charge >= 0.3 is 0 Å². The number of ether oxygens (including phenoxy) is 2. The summed E-state index contributed by atoms with van der Waals surface area (Å²) < 4.78 is 11.1. The number of hydrogen-bond donors (Lipinski definition) is 6. The van der Waals surface area contributed by atoms with Gasteiger partial charge in [-0.3, -0.25) is 4.79 Å². The maximum Gasteiger partial charge on any atom is 0.220 e. The lowest BCUT2D eigenvalue weighted by Crippen LogP contribution is -2.60. The largest absolute Gasteiger partial charge is 0.394 e. The quantitative estimate of drug-likeness (QED) is 0.0330. The molecule has 7 unspecified atom stereocenters. The summed E-state index contributed by atoms with van der Waals surface area (Å²) >= 11 is 0. The second kappa shape index (κ2) is 33.7. The first-order valence-corrected chi connectivity index (χ1v) is 20.0. The fourth-order valence-corrected chi connectivity index (χ4v) is 5.43. The Morgan fingerprint density at radius 3 is 1.77 bits per heavy atom. The predicted molar refractivity (Wildman–Crippen MR) is 216 cm³/mol. The van der Waals surface area contributed by atoms with Crippen molar-refractivity contribution in [1.82, 2.24) is 5.32 Å². The smallest absolute Gasteiger partial charge is 0.220 e. The molecular weight excluding hydrogens is 670 g/mol. The van der Waals surface area contributed by atoms with E-state index in [2.05, 4.69) is 92.1 Å². The first kappa shape index (κ1) is 48.1. The topological polar surface area (TPSA) is 149 Å². The van der Waals surface area contributed by atoms with Crippen LogP contribution in [0.2, 0.25) is 0 Å². The third-order valence-electron chi connectivity index (χ3n) is 8.66. The van der Waals surface area contributed by atoms with Crippen LogP contribution in [0.4, 0.5) is 0 Å². The molecule has 0 aliphatic carbocycles. The molecule has 1 rings (SSSR count). The van der Waals surface area contributed by atoms with Crippen LogP contribution in [0, 0.1) is 0 Å². The van der Waals surface area contributed by atoms with E-state index in [-0.39, 0.29) is 18.9 Å². The number of carbonyl (C=O) groups is 1. The Hall–Kier alpha value is -2.89. The van der Waals surface area contributed by atoms with Gasteiger partial charge in [-0.15, -0.1) is 0 Å². The molecule has 9 heteroatoms. The monoisotopic (exact) mass is 742 g/mol. The van der Waals surface area contributed by atoms with E-state index in [1.165, 1.54) is 32.1 Å². The van der Waals surface area contributed by atoms with Crippen molar-refractivity contribution < 1.29 is 39.8 Å². The standard InChI is InChI=1S/C44H71NO8/c1-3-5-7-9-11-13-15-16-17-18-19-20-21-22-24-26-28-30-32-34-40(48)45-37(36-52-44-43(51)42(50)41(49)39(35-46)53-44)38(47)33-31-29-27-25-23-14-12-10-8-6-4-2/h5,7,11,13,16-17,19-20,22-25,28,30-31,33,37-39,41-44,46-47,49-51H,3-4,6,8-10,12,14-15,18,21,26-27,29,32,34-36H2,1-2H3,(H,45,48)/b7-5-,13-11-,17-16-,20-19-,24-22-,25-23+,30-28-,33-31+. The van der Waals surface area contributed by atoms with Gasteiger partial charge in [-0.2, -0.15) is 0 Å². The van der Waals surface area contributed by atoms with Crippen molar-refractivity contribution in [2.75, 3.05) is 13.2 Å². The molecule has 0 radical (unpaired) electrons. The number of carbonyl (C=O) groups excluding carboxylic acids is 1. The number of unbranched alkanes of at least 4 members (excludes halogenated alkanes) is 6. The van der Waals surface area contributed by atoms with Gasteiger partial charge in [-0.05, 0) is 70.6 Å². The van der Waals surface area contributed by atoms with Crippen molar-refractivity contribution in [2.24, 2.45) is 0 Å². The number of aliphatic hydroxyl groups is 5. The highest BCUT2D eigenvalue weighted by molar-refractivity contribution is 5.76. The van der Waals surface area contributed by atoms with E-state index in [0.717, 1.165) is 57.8 Å². The van der Waals surface area contributed by atoms with Crippen LogP contribution >= 0.6 is 0 Å². The Morgan fingerprint density at radius 2 is 1.19 bits per heavy atom. The van der Waals surface area contributed by atoms with Crippen molar-refractivity contribution >= 4 is 5.91 Å². The lowest BCUT2D eigenvalue weighted by Gasteiger charge is -2.40. The van der Waals surface area contributed by atoms with Crippen molar-refractivity contribution in [3.8, 4) is 0 Å². The van der Waals surface area contributed by atoms with Gasteiger partial charge in [0.05, 0.1) is 25.4 Å². The Labute approximate surface area is 320 Å². The van der Waals surface area contributed by atoms with Crippen LogP contribution in [-0.4, -0.2) is 87.5 Å². The fourth-order valence-electron chi connectivity index (χ4n) is 5.43. The van der Waals surface area contributed by atoms with E-state index >= 15 is 0 Å². The molecule has 1 heterocycles. The molecular formula is C44H71NO8. The van der Waals surface area contributed by atoms with E-state index in [1.807, 2.05) is 18.2 Å². The summed E-state index contributed by atoms with van der Waals surface area (Å²) in [5.41, 5.74) is 0. The van der Waals surface area contributed by atoms with Gasteiger partial charge in [0.2, 0.25) is 5.91 Å². The molecule has 0 spiro atoms. The molecule has 1 fully saturated rings. The molecule has 9 nitrogen and oxygen atoms in total. The zero-order valence-electron chi connectivity index (χ0n) is 32.5. The molecule has 1 saturated heterocycles. The third-order valence-corrected chi connectivity index (χ3v) is 8.66. The van der Waals surface area contributed by atoms with Crippen molar-refractivity contribution in [3.05, 3.63) is 97.2 Å². The first-order chi connectivity index (χ1) is 25.8. The summed E-state index contributed by atoms with van der Waals surface area (Å²) in [6.45, 7) is 3.53. The van der Waals surface area contributed by atoms with Crippen LogP contribution in [-0.2, 0) is 14.3 Å². The molecule has 53 heavy (non-hydrogen) atoms. The van der Waals surface area contributed by atoms with E-state index in [9.17, 15) is 30.3 Å². The lowest BCUT2D eigenvalue weighted by atomic mass is 9.99. The van der Waals surface area contributed by atoms with Crippen molar-refractivity contribution in [1.29, 1.82) is 0 Å². The average Bonchev–Trinajstić information content (AvgIpc) is 3.16. The Morgan fingerprint density at radius 1 is 0.660 bits per heavy atom. The minimum atomic E-state index is -1.59. The first-order valence-electron chi connectivity index (χ1n) is 20.0. The van der Waals surface area contributed by atoms with Gasteiger partial charge < -0.3 is 40.3 Å². The number of nitrogens with one attached hydrogen (secondary N) is 1. The molecule has 0 aromatic heterocycles. The molecule has 300 valence electrons. The summed E-state index contributed by atoms with van der Waals surface area (Å²) in [7, 11) is 0. The van der Waals surface area contributed by atoms with Gasteiger partial charge in [-0.1, -0.05) is 137 Å². The van der Waals surface area contributed by atoms with Gasteiger partial charge in [0.1, 0.15) is 24.4 Å². The maximum atomic E-state index is 12.8. The van der Waals surface area contributed by atoms with Crippen LogP contribution in [0.5, 0.6) is 0 Å². The van der Waals surface area contributed by atoms with Gasteiger partial charge in [0, 0.05) is 6.42 Å². The van der Waals surface area contributed by atoms with E-state index < -0.39 is 49.5 Å². The zero-order valence-corrected chi connectivity index (χ0v) is 32.5. The Balaban J connectivity index is 2.51. The zero-order chi connectivity index (χ0) is 38.8. The molecule has 1 aliphatic heterocycles. The second-order valence-corrected chi connectivity index (χ2v) is 13.3. The molecule has 0 aromatic carbocycles. The highest BCUT2D eigenvalue weighted by atomic mass is 16.7. The number of hydrogen-bond acceptors (Lipinski definition) is 8. The van der Waals surface area contributed by atoms with Gasteiger partial charge in [0.15, 0.2) is 6.29 Å². The van der Waals surface area contributed by atoms with Crippen molar-refractivity contribution in [2.45, 2.75) is 159 Å². The highest BCUT2D eigenvalue weighted by Gasteiger charge is 2.44. The number of amides is 1. The molecule has 0 saturated carbocycles. The minimum Gasteiger partial charge on any atom is -0.394 e. The predicted octanol–water partition coefficient (Wildman–Crippen LogP) is 7.38. The summed E-state index contributed by atoms with van der Waals surface area (Å²) in [4.78, 5) is 12.8. The second-order valence-electron chi connectivity index (χ2n) is 13.3.